The summed E-state index contributed by atoms with van der Waals surface area (Å²) >= 11 is 12.4. The topological polar surface area (TPSA) is 25.2 Å². The van der Waals surface area contributed by atoms with E-state index in [0.29, 0.717) is 10.0 Å². The molecule has 0 atom stereocenters. The highest BCUT2D eigenvalue weighted by Gasteiger charge is 2.10. The number of hydrogen-bond acceptors (Lipinski definition) is 2. The normalized spacial score (nSPS) is 11.2. The Morgan fingerprint density at radius 3 is 2.67 bits per heavy atom. The maximum atomic E-state index is 6.39. The molecule has 0 amide bonds. The molecular weight excluding hydrogens is 305 g/mol. The molecule has 0 bridgehead atoms. The van der Waals surface area contributed by atoms with E-state index in [1.54, 1.807) is 0 Å². The molecule has 2 aromatic carbocycles. The van der Waals surface area contributed by atoms with Crippen LogP contribution in [0.1, 0.15) is 12.5 Å². The largest absolute Gasteiger partial charge is 0.456 e. The lowest BCUT2D eigenvalue weighted by Gasteiger charge is -2.05. The Hall–Kier alpha value is -1.48. The Balaban J connectivity index is 1.98. The number of halogens is 2. The van der Waals surface area contributed by atoms with Gasteiger partial charge in [-0.2, -0.15) is 0 Å². The average Bonchev–Trinajstić information content (AvgIpc) is 2.87. The highest BCUT2D eigenvalue weighted by Crippen LogP contribution is 2.34. The standard InChI is InChI=1S/C17H15Cl2NO/c1-2-20-10-11-3-5-14(15(19)7-11)17-9-12-8-13(18)4-6-16(12)21-17/h3-9,20H,2,10H2,1H3. The van der Waals surface area contributed by atoms with Gasteiger partial charge in [-0.1, -0.05) is 36.2 Å². The number of benzene rings is 2. The minimum atomic E-state index is 0.690. The van der Waals surface area contributed by atoms with Crippen molar-refractivity contribution in [2.45, 2.75) is 13.5 Å². The van der Waals surface area contributed by atoms with Gasteiger partial charge in [0.1, 0.15) is 11.3 Å². The van der Waals surface area contributed by atoms with Crippen LogP contribution in [0, 0.1) is 0 Å². The Morgan fingerprint density at radius 2 is 1.90 bits per heavy atom. The van der Waals surface area contributed by atoms with E-state index < -0.39 is 0 Å². The van der Waals surface area contributed by atoms with Gasteiger partial charge in [-0.25, -0.2) is 0 Å². The maximum absolute atomic E-state index is 6.39. The van der Waals surface area contributed by atoms with Gasteiger partial charge in [0.25, 0.3) is 0 Å². The van der Waals surface area contributed by atoms with Crippen LogP contribution in [0.5, 0.6) is 0 Å². The Bertz CT molecular complexity index is 780. The van der Waals surface area contributed by atoms with Crippen LogP contribution in [0.3, 0.4) is 0 Å². The van der Waals surface area contributed by atoms with E-state index in [9.17, 15) is 0 Å². The molecule has 21 heavy (non-hydrogen) atoms. The first-order chi connectivity index (χ1) is 10.2. The predicted octanol–water partition coefficient (Wildman–Crippen LogP) is 5.52. The number of rotatable bonds is 4. The fourth-order valence-electron chi connectivity index (χ4n) is 2.28. The SMILES string of the molecule is CCNCc1ccc(-c2cc3cc(Cl)ccc3o2)c(Cl)c1. The van der Waals surface area contributed by atoms with E-state index in [4.69, 9.17) is 27.6 Å². The van der Waals surface area contributed by atoms with Crippen LogP contribution in [-0.4, -0.2) is 6.54 Å². The fourth-order valence-corrected chi connectivity index (χ4v) is 2.76. The third kappa shape index (κ3) is 3.08. The molecule has 3 aromatic rings. The molecule has 0 fully saturated rings. The minimum Gasteiger partial charge on any atom is -0.456 e. The zero-order valence-electron chi connectivity index (χ0n) is 11.6. The first-order valence-electron chi connectivity index (χ1n) is 6.86. The number of furan rings is 1. The van der Waals surface area contributed by atoms with Gasteiger partial charge >= 0.3 is 0 Å². The zero-order valence-corrected chi connectivity index (χ0v) is 13.1. The lowest BCUT2D eigenvalue weighted by molar-refractivity contribution is 0.631. The van der Waals surface area contributed by atoms with Crippen molar-refractivity contribution in [2.24, 2.45) is 0 Å². The van der Waals surface area contributed by atoms with Crippen molar-refractivity contribution in [3.8, 4) is 11.3 Å². The lowest BCUT2D eigenvalue weighted by Crippen LogP contribution is -2.11. The maximum Gasteiger partial charge on any atom is 0.136 e. The second-order valence-corrected chi connectivity index (χ2v) is 5.73. The van der Waals surface area contributed by atoms with Gasteiger partial charge < -0.3 is 9.73 Å². The van der Waals surface area contributed by atoms with Crippen molar-refractivity contribution < 1.29 is 4.42 Å². The van der Waals surface area contributed by atoms with Gasteiger partial charge in [0.05, 0.1) is 5.02 Å². The number of hydrogen-bond donors (Lipinski definition) is 1. The Morgan fingerprint density at radius 1 is 1.05 bits per heavy atom. The highest BCUT2D eigenvalue weighted by molar-refractivity contribution is 6.33. The second-order valence-electron chi connectivity index (χ2n) is 4.89. The summed E-state index contributed by atoms with van der Waals surface area (Å²) in [6, 6.07) is 13.6. The van der Waals surface area contributed by atoms with Crippen LogP contribution in [-0.2, 0) is 6.54 Å². The van der Waals surface area contributed by atoms with Crippen molar-refractivity contribution in [2.75, 3.05) is 6.54 Å². The molecular formula is C17H15Cl2NO. The van der Waals surface area contributed by atoms with Crippen LogP contribution >= 0.6 is 23.2 Å². The van der Waals surface area contributed by atoms with E-state index in [2.05, 4.69) is 18.3 Å². The molecule has 0 aliphatic rings. The average molecular weight is 320 g/mol. The molecule has 1 aromatic heterocycles. The Labute approximate surface area is 133 Å². The molecule has 0 unspecified atom stereocenters. The third-order valence-corrected chi connectivity index (χ3v) is 3.90. The van der Waals surface area contributed by atoms with Crippen molar-refractivity contribution in [1.82, 2.24) is 5.32 Å². The molecule has 0 aliphatic heterocycles. The van der Waals surface area contributed by atoms with E-state index in [1.807, 2.05) is 36.4 Å². The van der Waals surface area contributed by atoms with E-state index in [0.717, 1.165) is 40.9 Å². The van der Waals surface area contributed by atoms with Gasteiger partial charge in [0, 0.05) is 22.5 Å². The van der Waals surface area contributed by atoms with E-state index in [-0.39, 0.29) is 0 Å². The summed E-state index contributed by atoms with van der Waals surface area (Å²) in [5, 5.41) is 5.65. The predicted molar refractivity (Wildman–Crippen MR) is 89.1 cm³/mol. The number of fused-ring (bicyclic) bond motifs is 1. The van der Waals surface area contributed by atoms with Crippen molar-refractivity contribution in [3.05, 3.63) is 58.1 Å². The zero-order chi connectivity index (χ0) is 14.8. The van der Waals surface area contributed by atoms with Crippen LogP contribution < -0.4 is 5.32 Å². The van der Waals surface area contributed by atoms with Crippen LogP contribution in [0.25, 0.3) is 22.3 Å². The smallest absolute Gasteiger partial charge is 0.136 e. The molecule has 2 nitrogen and oxygen atoms in total. The van der Waals surface area contributed by atoms with Crippen LogP contribution in [0.15, 0.2) is 46.9 Å². The van der Waals surface area contributed by atoms with Gasteiger partial charge in [0.15, 0.2) is 0 Å². The molecule has 3 rings (SSSR count). The molecule has 108 valence electrons. The van der Waals surface area contributed by atoms with Crippen molar-refractivity contribution in [1.29, 1.82) is 0 Å². The molecule has 1 N–H and O–H groups in total. The third-order valence-electron chi connectivity index (χ3n) is 3.36. The highest BCUT2D eigenvalue weighted by atomic mass is 35.5. The van der Waals surface area contributed by atoms with Crippen molar-refractivity contribution >= 4 is 34.2 Å². The van der Waals surface area contributed by atoms with Gasteiger partial charge in [0.2, 0.25) is 0 Å². The molecule has 0 spiro atoms. The molecule has 4 heteroatoms. The first-order valence-corrected chi connectivity index (χ1v) is 7.61. The molecule has 0 radical (unpaired) electrons. The molecule has 0 aliphatic carbocycles. The summed E-state index contributed by atoms with van der Waals surface area (Å²) in [4.78, 5) is 0. The molecule has 1 heterocycles. The molecule has 0 saturated carbocycles. The van der Waals surface area contributed by atoms with Crippen LogP contribution in [0.2, 0.25) is 10.0 Å². The van der Waals surface area contributed by atoms with Gasteiger partial charge in [-0.05, 0) is 48.5 Å². The summed E-state index contributed by atoms with van der Waals surface area (Å²) in [7, 11) is 0. The second kappa shape index (κ2) is 6.10. The van der Waals surface area contributed by atoms with Crippen LogP contribution in [0.4, 0.5) is 0 Å². The van der Waals surface area contributed by atoms with E-state index >= 15 is 0 Å². The number of nitrogens with one attached hydrogen (secondary N) is 1. The fraction of sp³-hybridized carbons (Fsp3) is 0.176. The molecule has 0 saturated heterocycles. The Kier molecular flexibility index (Phi) is 4.20. The summed E-state index contributed by atoms with van der Waals surface area (Å²) < 4.78 is 5.85. The van der Waals surface area contributed by atoms with E-state index in [1.165, 1.54) is 0 Å². The monoisotopic (exact) mass is 319 g/mol. The van der Waals surface area contributed by atoms with Gasteiger partial charge in [-0.15, -0.1) is 0 Å². The quantitative estimate of drug-likeness (QED) is 0.685. The summed E-state index contributed by atoms with van der Waals surface area (Å²) in [6.45, 7) is 3.82. The van der Waals surface area contributed by atoms with Gasteiger partial charge in [-0.3, -0.25) is 0 Å². The lowest BCUT2D eigenvalue weighted by atomic mass is 10.1. The van der Waals surface area contributed by atoms with Crippen molar-refractivity contribution in [3.63, 3.8) is 0 Å². The summed E-state index contributed by atoms with van der Waals surface area (Å²) in [5.41, 5.74) is 2.86. The summed E-state index contributed by atoms with van der Waals surface area (Å²) in [5.74, 6) is 0.757. The summed E-state index contributed by atoms with van der Waals surface area (Å²) in [6.07, 6.45) is 0. The minimum absolute atomic E-state index is 0.690. The first kappa shape index (κ1) is 14.5.